The average molecular weight is 221 g/mol. The third-order valence-electron chi connectivity index (χ3n) is 3.39. The molecule has 0 radical (unpaired) electrons. The number of hydrogen-bond acceptors (Lipinski definition) is 2. The van der Waals surface area contributed by atoms with Crippen LogP contribution in [0.2, 0.25) is 5.15 Å². The number of nitrogens with zero attached hydrogens (tertiary/aromatic N) is 1. The van der Waals surface area contributed by atoms with Crippen molar-refractivity contribution < 1.29 is 0 Å². The molecule has 1 N–H and O–H groups in total. The van der Waals surface area contributed by atoms with E-state index in [2.05, 4.69) is 22.4 Å². The van der Waals surface area contributed by atoms with E-state index in [4.69, 9.17) is 11.6 Å². The van der Waals surface area contributed by atoms with E-state index in [-0.39, 0.29) is 0 Å². The molecule has 1 aromatic heterocycles. The quantitative estimate of drug-likeness (QED) is 0.736. The van der Waals surface area contributed by atoms with Crippen molar-refractivity contribution in [2.75, 3.05) is 6.54 Å². The maximum Gasteiger partial charge on any atom is 0.129 e. The lowest BCUT2D eigenvalue weighted by atomic mass is 9.97. The average Bonchev–Trinajstić information content (AvgIpc) is 2.80. The molecule has 2 aliphatic rings. The Morgan fingerprint density at radius 2 is 2.33 bits per heavy atom. The maximum atomic E-state index is 5.78. The van der Waals surface area contributed by atoms with Gasteiger partial charge >= 0.3 is 0 Å². The molecule has 0 bridgehead atoms. The van der Waals surface area contributed by atoms with Crippen molar-refractivity contribution in [3.63, 3.8) is 0 Å². The molecule has 1 fully saturated rings. The van der Waals surface area contributed by atoms with Crippen molar-refractivity contribution in [3.05, 3.63) is 35.1 Å². The largest absolute Gasteiger partial charge is 0.310 e. The van der Waals surface area contributed by atoms with E-state index in [9.17, 15) is 0 Å². The van der Waals surface area contributed by atoms with Gasteiger partial charge in [-0.15, -0.1) is 0 Å². The van der Waals surface area contributed by atoms with Crippen molar-refractivity contribution >= 4 is 17.2 Å². The normalized spacial score (nSPS) is 29.0. The summed E-state index contributed by atoms with van der Waals surface area (Å²) in [5, 5.41) is 4.12. The standard InChI is InChI=1S/C12H13ClN2/c13-11-4-2-9(7-15-11)10-3-1-8-5-6-14-12(8)10/h2-4,7-8,12,14H,1,5-6H2/t8-,12+/m1/s1. The smallest absolute Gasteiger partial charge is 0.129 e. The highest BCUT2D eigenvalue weighted by atomic mass is 35.5. The van der Waals surface area contributed by atoms with Gasteiger partial charge in [-0.3, -0.25) is 0 Å². The number of fused-ring (bicyclic) bond motifs is 1. The minimum atomic E-state index is 0.549. The monoisotopic (exact) mass is 220 g/mol. The van der Waals surface area contributed by atoms with Crippen LogP contribution < -0.4 is 5.32 Å². The van der Waals surface area contributed by atoms with E-state index in [1.54, 1.807) is 0 Å². The number of nitrogens with one attached hydrogen (secondary N) is 1. The molecule has 2 heterocycles. The van der Waals surface area contributed by atoms with Crippen LogP contribution in [0.3, 0.4) is 0 Å². The van der Waals surface area contributed by atoms with Crippen LogP contribution in [0.15, 0.2) is 24.4 Å². The zero-order valence-electron chi connectivity index (χ0n) is 8.41. The Morgan fingerprint density at radius 3 is 3.13 bits per heavy atom. The van der Waals surface area contributed by atoms with Crippen LogP contribution in [0.4, 0.5) is 0 Å². The Balaban J connectivity index is 1.91. The molecule has 0 unspecified atom stereocenters. The summed E-state index contributed by atoms with van der Waals surface area (Å²) >= 11 is 5.78. The fourth-order valence-corrected chi connectivity index (χ4v) is 2.74. The van der Waals surface area contributed by atoms with Crippen LogP contribution in [0.5, 0.6) is 0 Å². The van der Waals surface area contributed by atoms with Crippen molar-refractivity contribution in [2.24, 2.45) is 5.92 Å². The minimum absolute atomic E-state index is 0.549. The van der Waals surface area contributed by atoms with Crippen molar-refractivity contribution in [3.8, 4) is 0 Å². The molecular weight excluding hydrogens is 208 g/mol. The first-order valence-corrected chi connectivity index (χ1v) is 5.78. The fraction of sp³-hybridized carbons (Fsp3) is 0.417. The van der Waals surface area contributed by atoms with Crippen LogP contribution in [0, 0.1) is 5.92 Å². The highest BCUT2D eigenvalue weighted by Crippen LogP contribution is 2.37. The molecule has 0 spiro atoms. The van der Waals surface area contributed by atoms with Gasteiger partial charge in [-0.1, -0.05) is 23.7 Å². The topological polar surface area (TPSA) is 24.9 Å². The lowest BCUT2D eigenvalue weighted by Crippen LogP contribution is -2.24. The fourth-order valence-electron chi connectivity index (χ4n) is 2.62. The van der Waals surface area contributed by atoms with Gasteiger partial charge in [-0.2, -0.15) is 0 Å². The molecule has 1 aliphatic heterocycles. The SMILES string of the molecule is Clc1ccc(C2=CC[C@@H]3CCN[C@H]23)cn1. The summed E-state index contributed by atoms with van der Waals surface area (Å²) in [5.41, 5.74) is 2.61. The molecule has 2 atom stereocenters. The predicted octanol–water partition coefficient (Wildman–Crippen LogP) is 2.50. The van der Waals surface area contributed by atoms with Crippen LogP contribution in [-0.4, -0.2) is 17.6 Å². The molecule has 3 heteroatoms. The molecule has 0 amide bonds. The van der Waals surface area contributed by atoms with E-state index < -0.39 is 0 Å². The van der Waals surface area contributed by atoms with Gasteiger partial charge in [0.2, 0.25) is 0 Å². The minimum Gasteiger partial charge on any atom is -0.310 e. The molecule has 3 rings (SSSR count). The molecule has 1 aliphatic carbocycles. The van der Waals surface area contributed by atoms with E-state index in [0.29, 0.717) is 11.2 Å². The second kappa shape index (κ2) is 3.62. The molecule has 2 nitrogen and oxygen atoms in total. The molecule has 78 valence electrons. The van der Waals surface area contributed by atoms with Crippen LogP contribution in [-0.2, 0) is 0 Å². The van der Waals surface area contributed by atoms with E-state index in [0.717, 1.165) is 12.5 Å². The lowest BCUT2D eigenvalue weighted by molar-refractivity contribution is 0.557. The summed E-state index contributed by atoms with van der Waals surface area (Å²) in [6.07, 6.45) is 6.71. The van der Waals surface area contributed by atoms with Gasteiger partial charge in [0, 0.05) is 12.2 Å². The Morgan fingerprint density at radius 1 is 1.40 bits per heavy atom. The number of rotatable bonds is 1. The first-order chi connectivity index (χ1) is 7.34. The Bertz CT molecular complexity index is 397. The lowest BCUT2D eigenvalue weighted by Gasteiger charge is -2.14. The third-order valence-corrected chi connectivity index (χ3v) is 3.61. The van der Waals surface area contributed by atoms with Crippen LogP contribution in [0.1, 0.15) is 18.4 Å². The summed E-state index contributed by atoms with van der Waals surface area (Å²) in [6, 6.07) is 4.47. The Labute approximate surface area is 94.4 Å². The van der Waals surface area contributed by atoms with Gasteiger partial charge in [0.15, 0.2) is 0 Å². The molecule has 15 heavy (non-hydrogen) atoms. The third kappa shape index (κ3) is 1.58. The van der Waals surface area contributed by atoms with E-state index in [1.807, 2.05) is 12.3 Å². The maximum absolute atomic E-state index is 5.78. The van der Waals surface area contributed by atoms with E-state index >= 15 is 0 Å². The first-order valence-electron chi connectivity index (χ1n) is 5.40. The summed E-state index contributed by atoms with van der Waals surface area (Å²) in [7, 11) is 0. The van der Waals surface area contributed by atoms with Gasteiger partial charge in [-0.25, -0.2) is 4.98 Å². The summed E-state index contributed by atoms with van der Waals surface area (Å²) in [4.78, 5) is 4.13. The second-order valence-corrected chi connectivity index (χ2v) is 4.63. The molecule has 1 aromatic rings. The highest BCUT2D eigenvalue weighted by Gasteiger charge is 2.33. The van der Waals surface area contributed by atoms with Gasteiger partial charge in [-0.05, 0) is 42.5 Å². The summed E-state index contributed by atoms with van der Waals surface area (Å²) in [5.74, 6) is 0.802. The molecule has 0 aromatic carbocycles. The van der Waals surface area contributed by atoms with Gasteiger partial charge in [0.05, 0.1) is 0 Å². The number of pyridine rings is 1. The van der Waals surface area contributed by atoms with Gasteiger partial charge in [0.1, 0.15) is 5.15 Å². The molecule has 1 saturated heterocycles. The predicted molar refractivity (Wildman–Crippen MR) is 61.7 cm³/mol. The Kier molecular flexibility index (Phi) is 2.26. The number of halogens is 1. The van der Waals surface area contributed by atoms with E-state index in [1.165, 1.54) is 24.0 Å². The van der Waals surface area contributed by atoms with Gasteiger partial charge in [0.25, 0.3) is 0 Å². The van der Waals surface area contributed by atoms with Crippen molar-refractivity contribution in [1.82, 2.24) is 10.3 Å². The highest BCUT2D eigenvalue weighted by molar-refractivity contribution is 6.29. The van der Waals surface area contributed by atoms with Crippen LogP contribution >= 0.6 is 11.6 Å². The van der Waals surface area contributed by atoms with Crippen LogP contribution in [0.25, 0.3) is 5.57 Å². The summed E-state index contributed by atoms with van der Waals surface area (Å²) in [6.45, 7) is 1.15. The second-order valence-electron chi connectivity index (χ2n) is 4.25. The number of allylic oxidation sites excluding steroid dienone is 1. The molecular formula is C12H13ClN2. The van der Waals surface area contributed by atoms with Gasteiger partial charge < -0.3 is 5.32 Å². The number of aromatic nitrogens is 1. The zero-order chi connectivity index (χ0) is 10.3. The summed E-state index contributed by atoms with van der Waals surface area (Å²) < 4.78 is 0. The van der Waals surface area contributed by atoms with Crippen molar-refractivity contribution in [1.29, 1.82) is 0 Å². The Hall–Kier alpha value is -0.860. The zero-order valence-corrected chi connectivity index (χ0v) is 9.17. The molecule has 0 saturated carbocycles. The number of hydrogen-bond donors (Lipinski definition) is 1. The van der Waals surface area contributed by atoms with Crippen molar-refractivity contribution in [2.45, 2.75) is 18.9 Å². The first kappa shape index (κ1) is 9.37.